The molecule has 9 nitrogen and oxygen atoms in total. The average molecular weight is 420 g/mol. The van der Waals surface area contributed by atoms with E-state index in [2.05, 4.69) is 10.3 Å². The number of nitrogens with two attached hydrogens (primary N) is 1. The number of carbonyl (C=O) groups is 2. The van der Waals surface area contributed by atoms with Gasteiger partial charge < -0.3 is 26.0 Å². The van der Waals surface area contributed by atoms with Gasteiger partial charge in [0.25, 0.3) is 5.91 Å². The molecule has 1 heterocycles. The molecule has 0 unspecified atom stereocenters. The number of amides is 1. The average Bonchev–Trinajstić information content (AvgIpc) is 2.77. The molecule has 1 amide bonds. The Morgan fingerprint density at radius 3 is 2.58 bits per heavy atom. The van der Waals surface area contributed by atoms with Crippen molar-refractivity contribution >= 4 is 22.6 Å². The first-order valence-electron chi connectivity index (χ1n) is 9.47. The summed E-state index contributed by atoms with van der Waals surface area (Å²) in [5.41, 5.74) is 5.09. The van der Waals surface area contributed by atoms with Gasteiger partial charge in [0.1, 0.15) is 29.3 Å². The standard InChI is InChI=1S/C22H20N4O5/c23-12-18-16-11-14(31-13-5-2-1-3-6-13)8-9-15(16)20(27)19(26-18)21(28)25-10-4-7-17(24)22(29)30/h1-3,5-6,8-9,11,17,27H,4,7,10,24H2,(H,25,28)(H,29,30)/t17-/m0/s1. The monoisotopic (exact) mass is 420 g/mol. The van der Waals surface area contributed by atoms with Crippen LogP contribution in [0.25, 0.3) is 10.8 Å². The van der Waals surface area contributed by atoms with Crippen LogP contribution in [0.2, 0.25) is 0 Å². The van der Waals surface area contributed by atoms with Gasteiger partial charge in [0.2, 0.25) is 0 Å². The number of aliphatic carboxylic acids is 1. The number of rotatable bonds is 8. The molecular weight excluding hydrogens is 400 g/mol. The van der Waals surface area contributed by atoms with Gasteiger partial charge in [-0.3, -0.25) is 9.59 Å². The lowest BCUT2D eigenvalue weighted by atomic mass is 10.1. The van der Waals surface area contributed by atoms with E-state index in [4.69, 9.17) is 15.6 Å². The predicted molar refractivity (Wildman–Crippen MR) is 112 cm³/mol. The first-order chi connectivity index (χ1) is 14.9. The number of nitrogens with zero attached hydrogens (tertiary/aromatic N) is 2. The van der Waals surface area contributed by atoms with Gasteiger partial charge in [-0.2, -0.15) is 5.26 Å². The third-order valence-corrected chi connectivity index (χ3v) is 4.54. The van der Waals surface area contributed by atoms with Crippen LogP contribution < -0.4 is 15.8 Å². The molecule has 1 aromatic heterocycles. The molecule has 0 saturated heterocycles. The summed E-state index contributed by atoms with van der Waals surface area (Å²) in [5, 5.41) is 32.0. The van der Waals surface area contributed by atoms with Crippen LogP contribution in [-0.4, -0.2) is 39.7 Å². The number of aromatic hydroxyl groups is 1. The Morgan fingerprint density at radius 2 is 1.90 bits per heavy atom. The number of carbonyl (C=O) groups excluding carboxylic acids is 1. The van der Waals surface area contributed by atoms with E-state index in [1.54, 1.807) is 30.3 Å². The zero-order valence-corrected chi connectivity index (χ0v) is 16.4. The topological polar surface area (TPSA) is 159 Å². The normalized spacial score (nSPS) is 11.5. The zero-order valence-electron chi connectivity index (χ0n) is 16.4. The summed E-state index contributed by atoms with van der Waals surface area (Å²) in [6.45, 7) is 0.144. The Kier molecular flexibility index (Phi) is 6.64. The SMILES string of the molecule is N#Cc1nc(C(=O)NCCC[C@H](N)C(=O)O)c(O)c2ccc(Oc3ccccc3)cc12. The number of hydrogen-bond donors (Lipinski definition) is 4. The fraction of sp³-hybridized carbons (Fsp3) is 0.182. The number of benzene rings is 2. The second-order valence-electron chi connectivity index (χ2n) is 6.73. The Morgan fingerprint density at radius 1 is 1.16 bits per heavy atom. The Labute approximate surface area is 177 Å². The van der Waals surface area contributed by atoms with Gasteiger partial charge in [0.15, 0.2) is 11.4 Å². The Hall–Kier alpha value is -4.16. The predicted octanol–water partition coefficient (Wildman–Crippen LogP) is 2.53. The highest BCUT2D eigenvalue weighted by molar-refractivity contribution is 6.03. The van der Waals surface area contributed by atoms with Gasteiger partial charge in [-0.1, -0.05) is 18.2 Å². The van der Waals surface area contributed by atoms with Crippen molar-refractivity contribution in [1.82, 2.24) is 10.3 Å². The third kappa shape index (κ3) is 5.07. The summed E-state index contributed by atoms with van der Waals surface area (Å²) < 4.78 is 5.75. The van der Waals surface area contributed by atoms with Gasteiger partial charge in [0, 0.05) is 17.3 Å². The molecule has 0 fully saturated rings. The molecule has 0 aliphatic carbocycles. The van der Waals surface area contributed by atoms with E-state index >= 15 is 0 Å². The third-order valence-electron chi connectivity index (χ3n) is 4.54. The van der Waals surface area contributed by atoms with Gasteiger partial charge in [-0.15, -0.1) is 0 Å². The van der Waals surface area contributed by atoms with Crippen LogP contribution in [0.4, 0.5) is 0 Å². The minimum absolute atomic E-state index is 0.0376. The summed E-state index contributed by atoms with van der Waals surface area (Å²) in [5.74, 6) is -1.10. The Bertz CT molecular complexity index is 1160. The number of nitrogens with one attached hydrogen (secondary N) is 1. The molecule has 2 aromatic carbocycles. The molecule has 1 atom stereocenters. The van der Waals surface area contributed by atoms with E-state index < -0.39 is 17.9 Å². The van der Waals surface area contributed by atoms with Crippen molar-refractivity contribution in [3.63, 3.8) is 0 Å². The minimum atomic E-state index is -1.12. The summed E-state index contributed by atoms with van der Waals surface area (Å²) in [6, 6.07) is 14.7. The Balaban J connectivity index is 1.81. The van der Waals surface area contributed by atoms with Crippen LogP contribution in [0.1, 0.15) is 29.0 Å². The quantitative estimate of drug-likeness (QED) is 0.405. The number of hydrogen-bond acceptors (Lipinski definition) is 7. The van der Waals surface area contributed by atoms with Crippen LogP contribution in [0.5, 0.6) is 17.2 Å². The maximum absolute atomic E-state index is 12.4. The van der Waals surface area contributed by atoms with E-state index in [0.29, 0.717) is 23.3 Å². The molecule has 0 spiro atoms. The summed E-state index contributed by atoms with van der Waals surface area (Å²) >= 11 is 0. The van der Waals surface area contributed by atoms with Gasteiger partial charge in [0.05, 0.1) is 0 Å². The van der Waals surface area contributed by atoms with Crippen LogP contribution >= 0.6 is 0 Å². The number of fused-ring (bicyclic) bond motifs is 1. The molecule has 31 heavy (non-hydrogen) atoms. The van der Waals surface area contributed by atoms with Gasteiger partial charge >= 0.3 is 5.97 Å². The van der Waals surface area contributed by atoms with E-state index in [1.165, 1.54) is 0 Å². The van der Waals surface area contributed by atoms with E-state index in [0.717, 1.165) is 0 Å². The van der Waals surface area contributed by atoms with Gasteiger partial charge in [-0.05, 0) is 43.2 Å². The van der Waals surface area contributed by atoms with Crippen LogP contribution in [0, 0.1) is 11.3 Å². The maximum atomic E-state index is 12.4. The molecule has 5 N–H and O–H groups in total. The smallest absolute Gasteiger partial charge is 0.320 e. The molecule has 9 heteroatoms. The molecule has 0 bridgehead atoms. The van der Waals surface area contributed by atoms with Crippen molar-refractivity contribution < 1.29 is 24.5 Å². The maximum Gasteiger partial charge on any atom is 0.320 e. The van der Waals surface area contributed by atoms with Crippen LogP contribution in [0.15, 0.2) is 48.5 Å². The van der Waals surface area contributed by atoms with Gasteiger partial charge in [-0.25, -0.2) is 4.98 Å². The highest BCUT2D eigenvalue weighted by Gasteiger charge is 2.20. The van der Waals surface area contributed by atoms with Crippen molar-refractivity contribution in [1.29, 1.82) is 5.26 Å². The number of nitriles is 1. The largest absolute Gasteiger partial charge is 0.505 e. The molecule has 3 aromatic rings. The molecular formula is C22H20N4O5. The lowest BCUT2D eigenvalue weighted by Gasteiger charge is -2.12. The first-order valence-corrected chi connectivity index (χ1v) is 9.47. The second-order valence-corrected chi connectivity index (χ2v) is 6.73. The fourth-order valence-electron chi connectivity index (χ4n) is 2.94. The minimum Gasteiger partial charge on any atom is -0.505 e. The second kappa shape index (κ2) is 9.56. The number of pyridine rings is 1. The molecule has 3 rings (SSSR count). The van der Waals surface area contributed by atoms with Crippen molar-refractivity contribution in [2.45, 2.75) is 18.9 Å². The van der Waals surface area contributed by atoms with Crippen molar-refractivity contribution in [2.24, 2.45) is 5.73 Å². The molecule has 0 saturated carbocycles. The lowest BCUT2D eigenvalue weighted by molar-refractivity contribution is -0.138. The van der Waals surface area contributed by atoms with Crippen molar-refractivity contribution in [3.8, 4) is 23.3 Å². The molecule has 0 aliphatic heterocycles. The molecule has 158 valence electrons. The number of aromatic nitrogens is 1. The first kappa shape index (κ1) is 21.5. The zero-order chi connectivity index (χ0) is 22.4. The highest BCUT2D eigenvalue weighted by Crippen LogP contribution is 2.33. The highest BCUT2D eigenvalue weighted by atomic mass is 16.5. The van der Waals surface area contributed by atoms with Crippen LogP contribution in [0.3, 0.4) is 0 Å². The summed E-state index contributed by atoms with van der Waals surface area (Å²) in [7, 11) is 0. The molecule has 0 radical (unpaired) electrons. The van der Waals surface area contributed by atoms with Crippen molar-refractivity contribution in [2.75, 3.05) is 6.54 Å². The number of ether oxygens (including phenoxy) is 1. The van der Waals surface area contributed by atoms with Crippen molar-refractivity contribution in [3.05, 3.63) is 59.9 Å². The lowest BCUT2D eigenvalue weighted by Crippen LogP contribution is -2.32. The number of carboxylic acid groups (broad SMARTS) is 1. The summed E-state index contributed by atoms with van der Waals surface area (Å²) in [6.07, 6.45) is 0.513. The van der Waals surface area contributed by atoms with E-state index in [-0.39, 0.29) is 35.5 Å². The molecule has 0 aliphatic rings. The number of para-hydroxylation sites is 1. The number of carboxylic acids is 1. The summed E-state index contributed by atoms with van der Waals surface area (Å²) in [4.78, 5) is 27.2. The van der Waals surface area contributed by atoms with E-state index in [9.17, 15) is 20.0 Å². The fourth-order valence-corrected chi connectivity index (χ4v) is 2.94. The van der Waals surface area contributed by atoms with Crippen LogP contribution in [-0.2, 0) is 4.79 Å². The van der Waals surface area contributed by atoms with E-state index in [1.807, 2.05) is 24.3 Å².